The predicted molar refractivity (Wildman–Crippen MR) is 118 cm³/mol. The molecular formula is C22H19Cl2N3OS. The highest BCUT2D eigenvalue weighted by molar-refractivity contribution is 7.12. The standard InChI is InChI=1S/C22H19Cl2N3OS/c1-2-15-6-7-19(29-15)20-16(11-25)22(26)27(14-9-12(23)8-13(24)10-14)17-4-3-5-18(28)21(17)20/h6-10,20H,2-5,26H2,1H3. The van der Waals surface area contributed by atoms with Gasteiger partial charge in [-0.25, -0.2) is 0 Å². The Morgan fingerprint density at radius 1 is 1.24 bits per heavy atom. The van der Waals surface area contributed by atoms with Crippen LogP contribution in [-0.4, -0.2) is 5.78 Å². The van der Waals surface area contributed by atoms with Gasteiger partial charge in [-0.05, 0) is 49.6 Å². The van der Waals surface area contributed by atoms with E-state index in [2.05, 4.69) is 19.1 Å². The number of nitrogens with zero attached hydrogens (tertiary/aromatic N) is 2. The maximum Gasteiger partial charge on any atom is 0.161 e. The van der Waals surface area contributed by atoms with Gasteiger partial charge in [-0.15, -0.1) is 11.3 Å². The van der Waals surface area contributed by atoms with Crippen LogP contribution in [0.25, 0.3) is 0 Å². The van der Waals surface area contributed by atoms with E-state index in [-0.39, 0.29) is 5.78 Å². The molecule has 1 aliphatic carbocycles. The number of ketones is 1. The third-order valence-corrected chi connectivity index (χ3v) is 7.07. The number of nitriles is 1. The highest BCUT2D eigenvalue weighted by atomic mass is 35.5. The van der Waals surface area contributed by atoms with Crippen LogP contribution in [0.5, 0.6) is 0 Å². The summed E-state index contributed by atoms with van der Waals surface area (Å²) in [5, 5.41) is 10.9. The van der Waals surface area contributed by atoms with Gasteiger partial charge in [0.2, 0.25) is 0 Å². The maximum absolute atomic E-state index is 13.1. The lowest BCUT2D eigenvalue weighted by atomic mass is 9.78. The summed E-state index contributed by atoms with van der Waals surface area (Å²) in [6.45, 7) is 2.09. The quantitative estimate of drug-likeness (QED) is 0.638. The minimum Gasteiger partial charge on any atom is -0.384 e. The number of allylic oxidation sites excluding steroid dienone is 3. The van der Waals surface area contributed by atoms with Crippen LogP contribution in [0.15, 0.2) is 53.0 Å². The monoisotopic (exact) mass is 443 g/mol. The van der Waals surface area contributed by atoms with Crippen molar-refractivity contribution < 1.29 is 4.79 Å². The van der Waals surface area contributed by atoms with Crippen LogP contribution < -0.4 is 10.6 Å². The zero-order valence-electron chi connectivity index (χ0n) is 15.8. The molecule has 0 amide bonds. The van der Waals surface area contributed by atoms with Crippen molar-refractivity contribution >= 4 is 46.0 Å². The highest BCUT2D eigenvalue weighted by Crippen LogP contribution is 2.48. The van der Waals surface area contributed by atoms with Crippen molar-refractivity contribution in [3.05, 3.63) is 72.8 Å². The molecule has 29 heavy (non-hydrogen) atoms. The van der Waals surface area contributed by atoms with Gasteiger partial charge in [-0.2, -0.15) is 5.26 Å². The largest absolute Gasteiger partial charge is 0.384 e. The molecule has 2 heterocycles. The van der Waals surface area contributed by atoms with E-state index < -0.39 is 5.92 Å². The van der Waals surface area contributed by atoms with E-state index in [1.807, 2.05) is 6.07 Å². The Kier molecular flexibility index (Phi) is 5.44. The zero-order valence-corrected chi connectivity index (χ0v) is 18.2. The summed E-state index contributed by atoms with van der Waals surface area (Å²) in [4.78, 5) is 17.0. The first-order chi connectivity index (χ1) is 13.9. The summed E-state index contributed by atoms with van der Waals surface area (Å²) in [6.07, 6.45) is 2.83. The topological polar surface area (TPSA) is 70.1 Å². The molecule has 148 valence electrons. The van der Waals surface area contributed by atoms with Crippen LogP contribution in [0.2, 0.25) is 10.0 Å². The number of carbonyl (C=O) groups is 1. The molecule has 2 aromatic rings. The van der Waals surface area contributed by atoms with Gasteiger partial charge in [-0.1, -0.05) is 30.1 Å². The van der Waals surface area contributed by atoms with Gasteiger partial charge in [0.05, 0.1) is 23.2 Å². The Balaban J connectivity index is 1.96. The molecule has 0 spiro atoms. The number of Topliss-reactive ketones (excluding diaryl/α,β-unsaturated/α-hetero) is 1. The van der Waals surface area contributed by atoms with Crippen molar-refractivity contribution in [2.45, 2.75) is 38.5 Å². The third-order valence-electron chi connectivity index (χ3n) is 5.33. The average Bonchev–Trinajstić information content (AvgIpc) is 3.15. The van der Waals surface area contributed by atoms with Gasteiger partial charge >= 0.3 is 0 Å². The van der Waals surface area contributed by atoms with E-state index in [0.29, 0.717) is 45.5 Å². The highest BCUT2D eigenvalue weighted by Gasteiger charge is 2.40. The molecule has 4 rings (SSSR count). The van der Waals surface area contributed by atoms with Crippen molar-refractivity contribution in [3.8, 4) is 6.07 Å². The molecule has 0 saturated carbocycles. The smallest absolute Gasteiger partial charge is 0.161 e. The minimum absolute atomic E-state index is 0.0704. The Bertz CT molecular complexity index is 1090. The lowest BCUT2D eigenvalue weighted by Gasteiger charge is -2.39. The van der Waals surface area contributed by atoms with E-state index in [0.717, 1.165) is 23.4 Å². The number of hydrogen-bond acceptors (Lipinski definition) is 5. The minimum atomic E-state index is -0.418. The third kappa shape index (κ3) is 3.46. The summed E-state index contributed by atoms with van der Waals surface area (Å²) >= 11 is 14.1. The first kappa shape index (κ1) is 20.0. The SMILES string of the molecule is CCc1ccc(C2C(C#N)=C(N)N(c3cc(Cl)cc(Cl)c3)C3=C2C(=O)CCC3)s1. The first-order valence-corrected chi connectivity index (χ1v) is 11.0. The number of hydrogen-bond donors (Lipinski definition) is 1. The maximum atomic E-state index is 13.1. The van der Waals surface area contributed by atoms with Crippen molar-refractivity contribution in [2.24, 2.45) is 5.73 Å². The van der Waals surface area contributed by atoms with Crippen molar-refractivity contribution in [1.82, 2.24) is 0 Å². The number of carbonyl (C=O) groups excluding carboxylic acids is 1. The van der Waals surface area contributed by atoms with Gasteiger partial charge < -0.3 is 5.73 Å². The molecule has 7 heteroatoms. The summed E-state index contributed by atoms with van der Waals surface area (Å²) < 4.78 is 0. The van der Waals surface area contributed by atoms with E-state index in [9.17, 15) is 10.1 Å². The number of rotatable bonds is 3. The van der Waals surface area contributed by atoms with Crippen LogP contribution in [0, 0.1) is 11.3 Å². The molecule has 1 aromatic heterocycles. The molecule has 0 fully saturated rings. The fourth-order valence-electron chi connectivity index (χ4n) is 4.07. The number of aryl methyl sites for hydroxylation is 1. The van der Waals surface area contributed by atoms with Crippen LogP contribution >= 0.6 is 34.5 Å². The molecule has 2 N–H and O–H groups in total. The zero-order chi connectivity index (χ0) is 20.7. The van der Waals surface area contributed by atoms with E-state index >= 15 is 0 Å². The normalized spacial score (nSPS) is 19.4. The molecule has 1 aliphatic heterocycles. The lowest BCUT2D eigenvalue weighted by Crippen LogP contribution is -2.38. The van der Waals surface area contributed by atoms with E-state index in [4.69, 9.17) is 28.9 Å². The van der Waals surface area contributed by atoms with E-state index in [1.54, 1.807) is 34.4 Å². The van der Waals surface area contributed by atoms with Crippen LogP contribution in [0.3, 0.4) is 0 Å². The van der Waals surface area contributed by atoms with Gasteiger partial charge in [0, 0.05) is 37.5 Å². The summed E-state index contributed by atoms with van der Waals surface area (Å²) in [5.41, 5.74) is 9.10. The van der Waals surface area contributed by atoms with Crippen molar-refractivity contribution in [3.63, 3.8) is 0 Å². The Morgan fingerprint density at radius 2 is 1.97 bits per heavy atom. The van der Waals surface area contributed by atoms with Gasteiger partial charge in [0.25, 0.3) is 0 Å². The molecule has 1 aromatic carbocycles. The molecule has 0 bridgehead atoms. The van der Waals surface area contributed by atoms with Gasteiger partial charge in [0.1, 0.15) is 5.82 Å². The number of thiophene rings is 1. The molecule has 1 atom stereocenters. The average molecular weight is 444 g/mol. The summed E-state index contributed by atoms with van der Waals surface area (Å²) in [5.74, 6) is -0.0178. The van der Waals surface area contributed by atoms with Crippen molar-refractivity contribution in [2.75, 3.05) is 4.90 Å². The second kappa shape index (κ2) is 7.87. The number of nitrogens with two attached hydrogens (primary N) is 1. The Hall–Kier alpha value is -2.26. The lowest BCUT2D eigenvalue weighted by molar-refractivity contribution is -0.116. The van der Waals surface area contributed by atoms with Gasteiger partial charge in [-0.3, -0.25) is 9.69 Å². The second-order valence-electron chi connectivity index (χ2n) is 7.10. The van der Waals surface area contributed by atoms with E-state index in [1.165, 1.54) is 4.88 Å². The fraction of sp³-hybridized carbons (Fsp3) is 0.273. The predicted octanol–water partition coefficient (Wildman–Crippen LogP) is 5.92. The summed E-state index contributed by atoms with van der Waals surface area (Å²) in [7, 11) is 0. The van der Waals surface area contributed by atoms with Crippen molar-refractivity contribution in [1.29, 1.82) is 5.26 Å². The Labute approximate surface area is 183 Å². The molecule has 1 unspecified atom stereocenters. The molecule has 0 saturated heterocycles. The Morgan fingerprint density at radius 3 is 2.59 bits per heavy atom. The summed E-state index contributed by atoms with van der Waals surface area (Å²) in [6, 6.07) is 11.5. The number of halogens is 2. The first-order valence-electron chi connectivity index (χ1n) is 9.45. The van der Waals surface area contributed by atoms with Gasteiger partial charge in [0.15, 0.2) is 5.78 Å². The fourth-order valence-corrected chi connectivity index (χ4v) is 5.66. The molecule has 4 nitrogen and oxygen atoms in total. The second-order valence-corrected chi connectivity index (χ2v) is 9.17. The van der Waals surface area contributed by atoms with Crippen LogP contribution in [-0.2, 0) is 11.2 Å². The van der Waals surface area contributed by atoms with Crippen LogP contribution in [0.4, 0.5) is 5.69 Å². The number of benzene rings is 1. The number of anilines is 1. The molecule has 2 aliphatic rings. The molecule has 0 radical (unpaired) electrons. The molecular weight excluding hydrogens is 425 g/mol. The van der Waals surface area contributed by atoms with Crippen LogP contribution in [0.1, 0.15) is 41.9 Å².